The summed E-state index contributed by atoms with van der Waals surface area (Å²) >= 11 is 0. The third-order valence-corrected chi connectivity index (χ3v) is 3.81. The Morgan fingerprint density at radius 3 is 2.50 bits per heavy atom. The average Bonchev–Trinajstić information content (AvgIpc) is 2.89. The zero-order valence-electron chi connectivity index (χ0n) is 12.2. The van der Waals surface area contributed by atoms with Crippen molar-refractivity contribution in [1.29, 1.82) is 0 Å². The maximum atomic E-state index is 12.0. The van der Waals surface area contributed by atoms with E-state index in [-0.39, 0.29) is 5.63 Å². The maximum Gasteiger partial charge on any atom is 0.336 e. The van der Waals surface area contributed by atoms with Gasteiger partial charge in [0.1, 0.15) is 11.1 Å². The standard InChI is InChI=1S/C18H13NO3/c1-10-17-14(8-15-18(10)21-11(2)19-15)13(9-16(20)22-17)12-6-4-3-5-7-12/h3-9H,1-2H3. The first-order valence-corrected chi connectivity index (χ1v) is 7.03. The van der Waals surface area contributed by atoms with Gasteiger partial charge < -0.3 is 8.83 Å². The molecule has 2 aromatic heterocycles. The molecule has 0 bridgehead atoms. The van der Waals surface area contributed by atoms with Crippen LogP contribution in [0.25, 0.3) is 33.2 Å². The summed E-state index contributed by atoms with van der Waals surface area (Å²) in [5, 5.41) is 0.865. The van der Waals surface area contributed by atoms with Crippen LogP contribution in [0.4, 0.5) is 0 Å². The van der Waals surface area contributed by atoms with Gasteiger partial charge in [-0.2, -0.15) is 0 Å². The van der Waals surface area contributed by atoms with Gasteiger partial charge in [0.05, 0.1) is 0 Å². The monoisotopic (exact) mass is 291 g/mol. The van der Waals surface area contributed by atoms with Crippen molar-refractivity contribution in [2.45, 2.75) is 13.8 Å². The van der Waals surface area contributed by atoms with Crippen molar-refractivity contribution < 1.29 is 8.83 Å². The molecule has 22 heavy (non-hydrogen) atoms. The predicted octanol–water partition coefficient (Wildman–Crippen LogP) is 4.22. The Morgan fingerprint density at radius 2 is 1.73 bits per heavy atom. The van der Waals surface area contributed by atoms with Crippen molar-refractivity contribution in [1.82, 2.24) is 4.98 Å². The Bertz CT molecular complexity index is 1060. The van der Waals surface area contributed by atoms with Gasteiger partial charge >= 0.3 is 5.63 Å². The molecular weight excluding hydrogens is 278 g/mol. The van der Waals surface area contributed by atoms with Crippen LogP contribution in [-0.2, 0) is 0 Å². The van der Waals surface area contributed by atoms with E-state index in [4.69, 9.17) is 8.83 Å². The summed E-state index contributed by atoms with van der Waals surface area (Å²) in [7, 11) is 0. The van der Waals surface area contributed by atoms with Gasteiger partial charge in [-0.1, -0.05) is 30.3 Å². The molecule has 0 N–H and O–H groups in total. The molecule has 0 radical (unpaired) electrons. The lowest BCUT2D eigenvalue weighted by atomic mass is 10.00. The first-order valence-electron chi connectivity index (χ1n) is 7.03. The number of fused-ring (bicyclic) bond motifs is 2. The molecule has 4 rings (SSSR count). The molecular formula is C18H13NO3. The lowest BCUT2D eigenvalue weighted by Gasteiger charge is -2.07. The van der Waals surface area contributed by atoms with E-state index in [9.17, 15) is 4.79 Å². The molecule has 4 heteroatoms. The van der Waals surface area contributed by atoms with Crippen molar-refractivity contribution in [3.8, 4) is 11.1 Å². The van der Waals surface area contributed by atoms with E-state index < -0.39 is 0 Å². The Morgan fingerprint density at radius 1 is 0.955 bits per heavy atom. The van der Waals surface area contributed by atoms with Crippen LogP contribution in [0.3, 0.4) is 0 Å². The molecule has 0 atom stereocenters. The van der Waals surface area contributed by atoms with Crippen molar-refractivity contribution >= 4 is 22.1 Å². The first kappa shape index (κ1) is 12.8. The highest BCUT2D eigenvalue weighted by molar-refractivity contribution is 6.02. The first-order chi connectivity index (χ1) is 10.6. The molecule has 2 aromatic carbocycles. The maximum absolute atomic E-state index is 12.0. The van der Waals surface area contributed by atoms with E-state index in [0.717, 1.165) is 27.6 Å². The molecule has 0 saturated carbocycles. The third-order valence-electron chi connectivity index (χ3n) is 3.81. The van der Waals surface area contributed by atoms with Gasteiger partial charge in [-0.05, 0) is 24.1 Å². The van der Waals surface area contributed by atoms with Crippen molar-refractivity contribution in [2.24, 2.45) is 0 Å². The predicted molar refractivity (Wildman–Crippen MR) is 85.0 cm³/mol. The van der Waals surface area contributed by atoms with E-state index in [1.807, 2.05) is 43.3 Å². The Kier molecular flexibility index (Phi) is 2.66. The zero-order chi connectivity index (χ0) is 15.3. The molecule has 0 aliphatic carbocycles. The Labute approximate surface area is 126 Å². The van der Waals surface area contributed by atoms with Gasteiger partial charge in [-0.3, -0.25) is 0 Å². The van der Waals surface area contributed by atoms with Gasteiger partial charge in [0.15, 0.2) is 11.5 Å². The second kappa shape index (κ2) is 4.56. The van der Waals surface area contributed by atoms with Gasteiger partial charge in [0, 0.05) is 23.9 Å². The third kappa shape index (κ3) is 1.84. The quantitative estimate of drug-likeness (QED) is 0.493. The highest BCUT2D eigenvalue weighted by Gasteiger charge is 2.15. The number of benzene rings is 2. The minimum atomic E-state index is -0.370. The van der Waals surface area contributed by atoms with Gasteiger partial charge in [-0.15, -0.1) is 0 Å². The van der Waals surface area contributed by atoms with Crippen LogP contribution >= 0.6 is 0 Å². The molecule has 0 aliphatic heterocycles. The number of oxazole rings is 1. The minimum Gasteiger partial charge on any atom is -0.441 e. The van der Waals surface area contributed by atoms with E-state index in [2.05, 4.69) is 4.98 Å². The van der Waals surface area contributed by atoms with Crippen molar-refractivity contribution in [2.75, 3.05) is 0 Å². The van der Waals surface area contributed by atoms with E-state index >= 15 is 0 Å². The Hall–Kier alpha value is -2.88. The minimum absolute atomic E-state index is 0.370. The summed E-state index contributed by atoms with van der Waals surface area (Å²) in [6.07, 6.45) is 0. The van der Waals surface area contributed by atoms with Crippen LogP contribution in [0, 0.1) is 13.8 Å². The molecule has 108 valence electrons. The molecule has 0 aliphatic rings. The Balaban J connectivity index is 2.20. The fraction of sp³-hybridized carbons (Fsp3) is 0.111. The lowest BCUT2D eigenvalue weighted by molar-refractivity contribution is 0.547. The smallest absolute Gasteiger partial charge is 0.336 e. The average molecular weight is 291 g/mol. The fourth-order valence-electron chi connectivity index (χ4n) is 2.83. The van der Waals surface area contributed by atoms with Crippen LogP contribution in [0.1, 0.15) is 11.5 Å². The summed E-state index contributed by atoms with van der Waals surface area (Å²) in [6.45, 7) is 3.69. The number of rotatable bonds is 1. The summed E-state index contributed by atoms with van der Waals surface area (Å²) < 4.78 is 11.0. The van der Waals surface area contributed by atoms with E-state index in [1.165, 1.54) is 6.07 Å². The molecule has 4 nitrogen and oxygen atoms in total. The summed E-state index contributed by atoms with van der Waals surface area (Å²) in [4.78, 5) is 16.4. The normalized spacial score (nSPS) is 11.4. The molecule has 2 heterocycles. The van der Waals surface area contributed by atoms with Crippen molar-refractivity contribution in [3.05, 3.63) is 64.3 Å². The molecule has 0 saturated heterocycles. The second-order valence-electron chi connectivity index (χ2n) is 5.30. The van der Waals surface area contributed by atoms with Crippen LogP contribution in [0.2, 0.25) is 0 Å². The number of hydrogen-bond acceptors (Lipinski definition) is 4. The van der Waals surface area contributed by atoms with Gasteiger partial charge in [-0.25, -0.2) is 9.78 Å². The topological polar surface area (TPSA) is 56.2 Å². The highest BCUT2D eigenvalue weighted by Crippen LogP contribution is 2.33. The fourth-order valence-corrected chi connectivity index (χ4v) is 2.83. The summed E-state index contributed by atoms with van der Waals surface area (Å²) in [5.74, 6) is 0.594. The van der Waals surface area contributed by atoms with E-state index in [1.54, 1.807) is 6.92 Å². The van der Waals surface area contributed by atoms with Crippen LogP contribution in [-0.4, -0.2) is 4.98 Å². The van der Waals surface area contributed by atoms with Gasteiger partial charge in [0.2, 0.25) is 0 Å². The molecule has 4 aromatic rings. The number of aromatic nitrogens is 1. The summed E-state index contributed by atoms with van der Waals surface area (Å²) in [6, 6.07) is 13.2. The SMILES string of the molecule is Cc1nc2cc3c(-c4ccccc4)cc(=O)oc3c(C)c2o1. The molecule has 0 amide bonds. The zero-order valence-corrected chi connectivity index (χ0v) is 12.2. The van der Waals surface area contributed by atoms with Gasteiger partial charge in [0.25, 0.3) is 0 Å². The number of nitrogens with zero attached hydrogens (tertiary/aromatic N) is 1. The largest absolute Gasteiger partial charge is 0.441 e. The molecule has 0 unspecified atom stereocenters. The van der Waals surface area contributed by atoms with Crippen LogP contribution in [0.15, 0.2) is 56.1 Å². The van der Waals surface area contributed by atoms with Crippen molar-refractivity contribution in [3.63, 3.8) is 0 Å². The molecule has 0 fully saturated rings. The second-order valence-corrected chi connectivity index (χ2v) is 5.30. The number of hydrogen-bond donors (Lipinski definition) is 0. The summed E-state index contributed by atoms with van der Waals surface area (Å²) in [5.41, 5.74) is 4.23. The molecule has 0 spiro atoms. The lowest BCUT2D eigenvalue weighted by Crippen LogP contribution is -1.99. The van der Waals surface area contributed by atoms with Crippen LogP contribution < -0.4 is 5.63 Å². The highest BCUT2D eigenvalue weighted by atomic mass is 16.4. The van der Waals surface area contributed by atoms with E-state index in [0.29, 0.717) is 17.1 Å². The van der Waals surface area contributed by atoms with Crippen LogP contribution in [0.5, 0.6) is 0 Å². The number of aryl methyl sites for hydroxylation is 2.